The van der Waals surface area contributed by atoms with Gasteiger partial charge in [0.2, 0.25) is 0 Å². The highest BCUT2D eigenvalue weighted by Gasteiger charge is 2.17. The maximum atomic E-state index is 11.5. The lowest BCUT2D eigenvalue weighted by atomic mass is 9.99. The molecule has 2 nitrogen and oxygen atoms in total. The molecule has 2 aromatic carbocycles. The number of benzene rings is 2. The number of amides is 1. The van der Waals surface area contributed by atoms with Crippen LogP contribution in [0.4, 0.5) is 10.5 Å². The molecule has 2 rings (SSSR count). The highest BCUT2D eigenvalue weighted by Crippen LogP contribution is 2.33. The van der Waals surface area contributed by atoms with Crippen LogP contribution >= 0.6 is 23.2 Å². The third-order valence-electron chi connectivity index (χ3n) is 2.96. The second-order valence-electron chi connectivity index (χ2n) is 4.13. The van der Waals surface area contributed by atoms with Gasteiger partial charge in [-0.1, -0.05) is 42.5 Å². The molecule has 0 aromatic heterocycles. The van der Waals surface area contributed by atoms with Gasteiger partial charge in [0, 0.05) is 5.56 Å². The number of halogens is 2. The van der Waals surface area contributed by atoms with E-state index in [2.05, 4.69) is 0 Å². The number of para-hydroxylation sites is 1. The van der Waals surface area contributed by atoms with E-state index in [4.69, 9.17) is 23.2 Å². The smallest absolute Gasteiger partial charge is 0.284 e. The van der Waals surface area contributed by atoms with Crippen molar-refractivity contribution in [1.29, 1.82) is 0 Å². The van der Waals surface area contributed by atoms with Gasteiger partial charge in [0.05, 0.1) is 5.69 Å². The number of aryl methyl sites for hydroxylation is 1. The number of alkyl halides is 1. The van der Waals surface area contributed by atoms with E-state index in [-0.39, 0.29) is 6.00 Å². The maximum absolute atomic E-state index is 11.5. The van der Waals surface area contributed by atoms with E-state index in [0.29, 0.717) is 5.69 Å². The minimum Gasteiger partial charge on any atom is -0.284 e. The highest BCUT2D eigenvalue weighted by atomic mass is 35.5. The predicted octanol–water partition coefficient (Wildman–Crippen LogP) is 5.02. The molecule has 0 atom stereocenters. The molecule has 98 valence electrons. The Morgan fingerprint density at radius 1 is 1.05 bits per heavy atom. The Kier molecular flexibility index (Phi) is 4.46. The molecule has 0 saturated carbocycles. The first-order valence-corrected chi connectivity index (χ1v) is 6.74. The van der Waals surface area contributed by atoms with Crippen LogP contribution in [0.25, 0.3) is 11.1 Å². The van der Waals surface area contributed by atoms with Crippen molar-refractivity contribution in [2.45, 2.75) is 6.92 Å². The summed E-state index contributed by atoms with van der Waals surface area (Å²) >= 11 is 11.4. The van der Waals surface area contributed by atoms with E-state index >= 15 is 0 Å². The topological polar surface area (TPSA) is 20.3 Å². The van der Waals surface area contributed by atoms with Crippen LogP contribution in [0.2, 0.25) is 0 Å². The zero-order valence-corrected chi connectivity index (χ0v) is 11.9. The zero-order valence-electron chi connectivity index (χ0n) is 10.4. The molecule has 0 bridgehead atoms. The van der Waals surface area contributed by atoms with Crippen molar-refractivity contribution < 1.29 is 4.79 Å². The summed E-state index contributed by atoms with van der Waals surface area (Å²) in [7, 11) is 0. The van der Waals surface area contributed by atoms with Gasteiger partial charge in [0.1, 0.15) is 6.00 Å². The lowest BCUT2D eigenvalue weighted by molar-refractivity contribution is 0.265. The molecule has 0 aliphatic carbocycles. The van der Waals surface area contributed by atoms with Gasteiger partial charge in [-0.25, -0.2) is 0 Å². The molecule has 19 heavy (non-hydrogen) atoms. The van der Waals surface area contributed by atoms with Gasteiger partial charge in [-0.15, -0.1) is 11.6 Å². The van der Waals surface area contributed by atoms with Crippen molar-refractivity contribution in [1.82, 2.24) is 0 Å². The zero-order chi connectivity index (χ0) is 13.8. The van der Waals surface area contributed by atoms with Crippen LogP contribution in [-0.4, -0.2) is 11.4 Å². The summed E-state index contributed by atoms with van der Waals surface area (Å²) in [6.07, 6.45) is 0. The summed E-state index contributed by atoms with van der Waals surface area (Å²) in [5.41, 5.74) is 3.85. The lowest BCUT2D eigenvalue weighted by Crippen LogP contribution is -2.24. The highest BCUT2D eigenvalue weighted by molar-refractivity contribution is 6.66. The Hall–Kier alpha value is -1.51. The van der Waals surface area contributed by atoms with Crippen molar-refractivity contribution in [3.63, 3.8) is 0 Å². The van der Waals surface area contributed by atoms with E-state index in [0.717, 1.165) is 16.7 Å². The molecular formula is C15H13Cl2NO. The van der Waals surface area contributed by atoms with Gasteiger partial charge in [-0.3, -0.25) is 9.69 Å². The molecule has 0 aliphatic heterocycles. The second-order valence-corrected chi connectivity index (χ2v) is 4.69. The van der Waals surface area contributed by atoms with Crippen LogP contribution in [0.1, 0.15) is 5.56 Å². The number of hydrogen-bond donors (Lipinski definition) is 0. The first-order valence-electron chi connectivity index (χ1n) is 5.83. The van der Waals surface area contributed by atoms with Gasteiger partial charge >= 0.3 is 5.37 Å². The van der Waals surface area contributed by atoms with E-state index in [1.807, 2.05) is 55.5 Å². The Morgan fingerprint density at radius 2 is 1.63 bits per heavy atom. The summed E-state index contributed by atoms with van der Waals surface area (Å²) in [6, 6.07) is 15.6. The van der Waals surface area contributed by atoms with Crippen LogP contribution in [0.3, 0.4) is 0 Å². The van der Waals surface area contributed by atoms with Gasteiger partial charge < -0.3 is 0 Å². The first-order chi connectivity index (χ1) is 9.15. The average Bonchev–Trinajstić information content (AvgIpc) is 2.40. The molecule has 0 N–H and O–H groups in total. The fraction of sp³-hybridized carbons (Fsp3) is 0.133. The molecule has 0 aliphatic rings. The quantitative estimate of drug-likeness (QED) is 0.442. The third kappa shape index (κ3) is 2.91. The summed E-state index contributed by atoms with van der Waals surface area (Å²) in [5, 5.41) is -0.587. The Bertz CT molecular complexity index is 598. The molecule has 0 unspecified atom stereocenters. The normalized spacial score (nSPS) is 10.3. The lowest BCUT2D eigenvalue weighted by Gasteiger charge is -2.20. The fourth-order valence-corrected chi connectivity index (χ4v) is 2.47. The van der Waals surface area contributed by atoms with Crippen LogP contribution < -0.4 is 4.90 Å². The second kappa shape index (κ2) is 6.09. The SMILES string of the molecule is Cc1ccccc1-c1ccccc1N(CCl)C(=O)Cl. The monoisotopic (exact) mass is 293 g/mol. The maximum Gasteiger partial charge on any atom is 0.321 e. The molecule has 4 heteroatoms. The number of nitrogens with zero attached hydrogens (tertiary/aromatic N) is 1. The Balaban J connectivity index is 2.59. The van der Waals surface area contributed by atoms with Crippen LogP contribution in [-0.2, 0) is 0 Å². The van der Waals surface area contributed by atoms with Gasteiger partial charge in [-0.05, 0) is 35.7 Å². The molecule has 0 spiro atoms. The minimum absolute atomic E-state index is 0.0191. The molecule has 2 aromatic rings. The van der Waals surface area contributed by atoms with Crippen molar-refractivity contribution in [3.05, 3.63) is 54.1 Å². The van der Waals surface area contributed by atoms with E-state index in [9.17, 15) is 4.79 Å². The summed E-state index contributed by atoms with van der Waals surface area (Å²) < 4.78 is 0. The first kappa shape index (κ1) is 13.9. The number of anilines is 1. The standard InChI is InChI=1S/C15H13Cl2NO/c1-11-6-2-3-7-12(11)13-8-4-5-9-14(13)18(10-16)15(17)19/h2-9H,10H2,1H3. The molecule has 0 heterocycles. The number of hydrogen-bond acceptors (Lipinski definition) is 1. The van der Waals surface area contributed by atoms with E-state index in [1.54, 1.807) is 0 Å². The van der Waals surface area contributed by atoms with Crippen molar-refractivity contribution >= 4 is 34.3 Å². The number of carbonyl (C=O) groups is 1. The largest absolute Gasteiger partial charge is 0.321 e. The summed E-state index contributed by atoms with van der Waals surface area (Å²) in [5.74, 6) is 0. The summed E-state index contributed by atoms with van der Waals surface area (Å²) in [6.45, 7) is 2.03. The van der Waals surface area contributed by atoms with Crippen molar-refractivity contribution in [2.24, 2.45) is 0 Å². The van der Waals surface area contributed by atoms with Crippen LogP contribution in [0.15, 0.2) is 48.5 Å². The van der Waals surface area contributed by atoms with Crippen molar-refractivity contribution in [2.75, 3.05) is 10.9 Å². The molecular weight excluding hydrogens is 281 g/mol. The average molecular weight is 294 g/mol. The van der Waals surface area contributed by atoms with Gasteiger partial charge in [-0.2, -0.15) is 0 Å². The number of carbonyl (C=O) groups excluding carboxylic acids is 1. The number of rotatable bonds is 3. The van der Waals surface area contributed by atoms with Crippen LogP contribution in [0.5, 0.6) is 0 Å². The fourth-order valence-electron chi connectivity index (χ4n) is 2.02. The molecule has 0 radical (unpaired) electrons. The van der Waals surface area contributed by atoms with Gasteiger partial charge in [0.25, 0.3) is 0 Å². The predicted molar refractivity (Wildman–Crippen MR) is 81.1 cm³/mol. The molecule has 1 amide bonds. The van der Waals surface area contributed by atoms with E-state index in [1.165, 1.54) is 4.90 Å². The van der Waals surface area contributed by atoms with E-state index < -0.39 is 5.37 Å². The van der Waals surface area contributed by atoms with Crippen LogP contribution in [0, 0.1) is 6.92 Å². The molecule has 0 saturated heterocycles. The van der Waals surface area contributed by atoms with Crippen molar-refractivity contribution in [3.8, 4) is 11.1 Å². The molecule has 0 fully saturated rings. The third-order valence-corrected chi connectivity index (χ3v) is 3.40. The van der Waals surface area contributed by atoms with Gasteiger partial charge in [0.15, 0.2) is 0 Å². The Labute approximate surface area is 122 Å². The Morgan fingerprint density at radius 3 is 2.21 bits per heavy atom. The minimum atomic E-state index is -0.587. The summed E-state index contributed by atoms with van der Waals surface area (Å²) in [4.78, 5) is 12.8.